The maximum atomic E-state index is 12.3. The van der Waals surface area contributed by atoms with E-state index in [1.165, 1.54) is 24.3 Å². The van der Waals surface area contributed by atoms with Gasteiger partial charge in [-0.25, -0.2) is 4.68 Å². The minimum atomic E-state index is -0.601. The third-order valence-corrected chi connectivity index (χ3v) is 3.92. The maximum absolute atomic E-state index is 12.3. The number of carbonyl (C=O) groups is 1. The minimum Gasteiger partial charge on any atom is -0.497 e. The predicted molar refractivity (Wildman–Crippen MR) is 102 cm³/mol. The summed E-state index contributed by atoms with van der Waals surface area (Å²) in [7, 11) is 1.56. The molecule has 0 aliphatic heterocycles. The topological polar surface area (TPSA) is 116 Å². The molecule has 9 nitrogen and oxygen atoms in total. The Morgan fingerprint density at radius 1 is 1.14 bits per heavy atom. The highest BCUT2D eigenvalue weighted by Gasteiger charge is 2.15. The van der Waals surface area contributed by atoms with Gasteiger partial charge in [-0.2, -0.15) is 5.10 Å². The standard InChI is InChI=1S/C19H16N4O5/c1-28-14-8-6-13(7-9-14)15-10-11-19(25)22(21-15)12-18(24)20-16-4-2-3-5-17(16)23(26)27/h2-11H,12H2,1H3,(H,20,24). The van der Waals surface area contributed by atoms with Crippen molar-refractivity contribution in [1.82, 2.24) is 9.78 Å². The zero-order valence-corrected chi connectivity index (χ0v) is 14.9. The molecular weight excluding hydrogens is 364 g/mol. The molecule has 1 heterocycles. The van der Waals surface area contributed by atoms with Crippen LogP contribution in [0, 0.1) is 10.1 Å². The fourth-order valence-corrected chi connectivity index (χ4v) is 2.54. The number of nitro groups is 1. The molecule has 0 aliphatic rings. The van der Waals surface area contributed by atoms with E-state index >= 15 is 0 Å². The van der Waals surface area contributed by atoms with E-state index in [-0.39, 0.29) is 17.9 Å². The highest BCUT2D eigenvalue weighted by atomic mass is 16.6. The average Bonchev–Trinajstić information content (AvgIpc) is 2.70. The lowest BCUT2D eigenvalue weighted by molar-refractivity contribution is -0.383. The van der Waals surface area contributed by atoms with Crippen molar-refractivity contribution in [2.45, 2.75) is 6.54 Å². The molecule has 9 heteroatoms. The van der Waals surface area contributed by atoms with Gasteiger partial charge in [0.25, 0.3) is 11.2 Å². The Labute approximate surface area is 159 Å². The second-order valence-corrected chi connectivity index (χ2v) is 5.77. The number of methoxy groups -OCH3 is 1. The van der Waals surface area contributed by atoms with Crippen molar-refractivity contribution < 1.29 is 14.5 Å². The molecule has 0 aliphatic carbocycles. The van der Waals surface area contributed by atoms with Crippen molar-refractivity contribution in [3.63, 3.8) is 0 Å². The van der Waals surface area contributed by atoms with Crippen LogP contribution in [0.4, 0.5) is 11.4 Å². The Morgan fingerprint density at radius 3 is 2.54 bits per heavy atom. The second kappa shape index (κ2) is 8.12. The number of amides is 1. The average molecular weight is 380 g/mol. The number of nitrogens with zero attached hydrogens (tertiary/aromatic N) is 3. The zero-order chi connectivity index (χ0) is 20.1. The first-order valence-electron chi connectivity index (χ1n) is 8.24. The van der Waals surface area contributed by atoms with E-state index in [0.29, 0.717) is 11.4 Å². The highest BCUT2D eigenvalue weighted by molar-refractivity contribution is 5.92. The molecule has 28 heavy (non-hydrogen) atoms. The monoisotopic (exact) mass is 380 g/mol. The van der Waals surface area contributed by atoms with E-state index < -0.39 is 16.4 Å². The van der Waals surface area contributed by atoms with Crippen molar-refractivity contribution >= 4 is 17.3 Å². The lowest BCUT2D eigenvalue weighted by atomic mass is 10.1. The minimum absolute atomic E-state index is 0.0526. The van der Waals surface area contributed by atoms with Crippen molar-refractivity contribution in [3.8, 4) is 17.0 Å². The van der Waals surface area contributed by atoms with Crippen LogP contribution in [0.15, 0.2) is 65.5 Å². The van der Waals surface area contributed by atoms with Crippen LogP contribution in [0.3, 0.4) is 0 Å². The van der Waals surface area contributed by atoms with Crippen molar-refractivity contribution in [3.05, 3.63) is 81.1 Å². The predicted octanol–water partition coefficient (Wildman–Crippen LogP) is 2.47. The highest BCUT2D eigenvalue weighted by Crippen LogP contribution is 2.23. The van der Waals surface area contributed by atoms with Gasteiger partial charge < -0.3 is 10.1 Å². The molecular formula is C19H16N4O5. The third-order valence-electron chi connectivity index (χ3n) is 3.92. The number of para-hydroxylation sites is 2. The lowest BCUT2D eigenvalue weighted by Gasteiger charge is -2.09. The van der Waals surface area contributed by atoms with Crippen LogP contribution in [0.2, 0.25) is 0 Å². The lowest BCUT2D eigenvalue weighted by Crippen LogP contribution is -2.29. The summed E-state index contributed by atoms with van der Waals surface area (Å²) in [4.78, 5) is 34.8. The summed E-state index contributed by atoms with van der Waals surface area (Å²) in [6, 6.07) is 15.7. The van der Waals surface area contributed by atoms with Crippen molar-refractivity contribution in [2.24, 2.45) is 0 Å². The normalized spacial score (nSPS) is 10.3. The van der Waals surface area contributed by atoms with Gasteiger partial charge in [-0.05, 0) is 36.4 Å². The first kappa shape index (κ1) is 18.8. The fraction of sp³-hybridized carbons (Fsp3) is 0.105. The van der Waals surface area contributed by atoms with Crippen LogP contribution >= 0.6 is 0 Å². The number of rotatable bonds is 6. The van der Waals surface area contributed by atoms with E-state index in [1.54, 1.807) is 43.5 Å². The van der Waals surface area contributed by atoms with Gasteiger partial charge in [-0.1, -0.05) is 12.1 Å². The fourth-order valence-electron chi connectivity index (χ4n) is 2.54. The molecule has 0 atom stereocenters. The number of ether oxygens (including phenoxy) is 1. The number of aromatic nitrogens is 2. The molecule has 0 radical (unpaired) electrons. The molecule has 1 amide bonds. The van der Waals surface area contributed by atoms with Crippen molar-refractivity contribution in [1.29, 1.82) is 0 Å². The van der Waals surface area contributed by atoms with E-state index in [2.05, 4.69) is 10.4 Å². The summed E-state index contributed by atoms with van der Waals surface area (Å²) >= 11 is 0. The van der Waals surface area contributed by atoms with Crippen LogP contribution in [-0.2, 0) is 11.3 Å². The molecule has 1 N–H and O–H groups in total. The van der Waals surface area contributed by atoms with Gasteiger partial charge in [0.1, 0.15) is 18.0 Å². The van der Waals surface area contributed by atoms with Crippen LogP contribution in [0.1, 0.15) is 0 Å². The van der Waals surface area contributed by atoms with E-state index in [4.69, 9.17) is 4.74 Å². The molecule has 0 saturated carbocycles. The SMILES string of the molecule is COc1ccc(-c2ccc(=O)n(CC(=O)Nc3ccccc3[N+](=O)[O-])n2)cc1. The molecule has 0 fully saturated rings. The number of benzene rings is 2. The molecule has 1 aromatic heterocycles. The largest absolute Gasteiger partial charge is 0.497 e. The summed E-state index contributed by atoms with van der Waals surface area (Å²) in [5.41, 5.74) is 0.601. The van der Waals surface area contributed by atoms with Gasteiger partial charge in [-0.3, -0.25) is 19.7 Å². The zero-order valence-electron chi connectivity index (χ0n) is 14.9. The summed E-state index contributed by atoms with van der Waals surface area (Å²) < 4.78 is 6.11. The van der Waals surface area contributed by atoms with E-state index in [1.807, 2.05) is 0 Å². The van der Waals surface area contributed by atoms with Gasteiger partial charge in [-0.15, -0.1) is 0 Å². The molecule has 3 aromatic rings. The van der Waals surface area contributed by atoms with Gasteiger partial charge in [0.15, 0.2) is 0 Å². The number of anilines is 1. The van der Waals surface area contributed by atoms with Crippen molar-refractivity contribution in [2.75, 3.05) is 12.4 Å². The number of nitrogens with one attached hydrogen (secondary N) is 1. The molecule has 2 aromatic carbocycles. The van der Waals surface area contributed by atoms with Crippen LogP contribution in [-0.4, -0.2) is 27.7 Å². The number of nitro benzene ring substituents is 1. The Balaban J connectivity index is 1.81. The summed E-state index contributed by atoms with van der Waals surface area (Å²) in [6.45, 7) is -0.380. The first-order chi connectivity index (χ1) is 13.5. The van der Waals surface area contributed by atoms with E-state index in [9.17, 15) is 19.7 Å². The third kappa shape index (κ3) is 4.21. The first-order valence-corrected chi connectivity index (χ1v) is 8.24. The molecule has 142 valence electrons. The number of hydrogen-bond acceptors (Lipinski definition) is 6. The molecule has 0 bridgehead atoms. The molecule has 3 rings (SSSR count). The molecule has 0 saturated heterocycles. The molecule has 0 spiro atoms. The van der Waals surface area contributed by atoms with Crippen LogP contribution < -0.4 is 15.6 Å². The van der Waals surface area contributed by atoms with Gasteiger partial charge in [0, 0.05) is 17.7 Å². The van der Waals surface area contributed by atoms with Crippen LogP contribution in [0.5, 0.6) is 5.75 Å². The Morgan fingerprint density at radius 2 is 1.86 bits per heavy atom. The maximum Gasteiger partial charge on any atom is 0.292 e. The van der Waals surface area contributed by atoms with Gasteiger partial charge in [0.2, 0.25) is 5.91 Å². The van der Waals surface area contributed by atoms with Gasteiger partial charge in [0.05, 0.1) is 17.7 Å². The number of carbonyl (C=O) groups excluding carboxylic acids is 1. The molecule has 0 unspecified atom stereocenters. The quantitative estimate of drug-likeness (QED) is 0.519. The summed E-state index contributed by atoms with van der Waals surface area (Å²) in [5.74, 6) is 0.0803. The Kier molecular flexibility index (Phi) is 5.45. The number of hydrogen-bond donors (Lipinski definition) is 1. The van der Waals surface area contributed by atoms with Crippen LogP contribution in [0.25, 0.3) is 11.3 Å². The second-order valence-electron chi connectivity index (χ2n) is 5.77. The summed E-state index contributed by atoms with van der Waals surface area (Å²) in [6.07, 6.45) is 0. The van der Waals surface area contributed by atoms with Gasteiger partial charge >= 0.3 is 0 Å². The summed E-state index contributed by atoms with van der Waals surface area (Å²) in [5, 5.41) is 17.7. The Bertz CT molecular complexity index is 1080. The smallest absolute Gasteiger partial charge is 0.292 e. The van der Waals surface area contributed by atoms with E-state index in [0.717, 1.165) is 10.2 Å². The Hall–Kier alpha value is -4.01.